The van der Waals surface area contributed by atoms with E-state index in [0.717, 1.165) is 11.3 Å². The van der Waals surface area contributed by atoms with E-state index in [2.05, 4.69) is 43.4 Å². The Labute approximate surface area is 177 Å². The lowest BCUT2D eigenvalue weighted by Gasteiger charge is -2.28. The van der Waals surface area contributed by atoms with Crippen molar-refractivity contribution in [3.63, 3.8) is 0 Å². The zero-order valence-electron chi connectivity index (χ0n) is 17.2. The molecule has 1 aliphatic rings. The maximum Gasteiger partial charge on any atom is 0.165 e. The fraction of sp³-hybridized carbons (Fsp3) is 0.185. The quantitative estimate of drug-likeness (QED) is 0.408. The fourth-order valence-corrected chi connectivity index (χ4v) is 3.64. The van der Waals surface area contributed by atoms with Crippen LogP contribution >= 0.6 is 0 Å². The van der Waals surface area contributed by atoms with Crippen LogP contribution in [0.2, 0.25) is 0 Å². The molecule has 0 saturated carbocycles. The van der Waals surface area contributed by atoms with Crippen LogP contribution < -0.4 is 9.47 Å². The summed E-state index contributed by atoms with van der Waals surface area (Å²) in [6.45, 7) is 4.82. The maximum absolute atomic E-state index is 14.3. The highest BCUT2D eigenvalue weighted by Crippen LogP contribution is 2.37. The van der Waals surface area contributed by atoms with E-state index < -0.39 is 0 Å². The van der Waals surface area contributed by atoms with E-state index in [4.69, 9.17) is 9.47 Å². The molecule has 3 aromatic carbocycles. The molecule has 0 unspecified atom stereocenters. The zero-order chi connectivity index (χ0) is 21.0. The van der Waals surface area contributed by atoms with Crippen LogP contribution in [0.1, 0.15) is 30.9 Å². The summed E-state index contributed by atoms with van der Waals surface area (Å²) in [7, 11) is 0. The van der Waals surface area contributed by atoms with Gasteiger partial charge in [0.1, 0.15) is 11.5 Å². The molecule has 4 rings (SSSR count). The second-order valence-electron chi connectivity index (χ2n) is 7.59. The summed E-state index contributed by atoms with van der Waals surface area (Å²) >= 11 is 0. The van der Waals surface area contributed by atoms with Gasteiger partial charge in [0, 0.05) is 11.3 Å². The molecule has 3 heteroatoms. The minimum absolute atomic E-state index is 0.0690. The molecule has 3 aromatic rings. The van der Waals surface area contributed by atoms with E-state index in [9.17, 15) is 4.39 Å². The van der Waals surface area contributed by atoms with Crippen molar-refractivity contribution >= 4 is 0 Å². The van der Waals surface area contributed by atoms with Gasteiger partial charge in [0.25, 0.3) is 0 Å². The molecule has 0 radical (unpaired) electrons. The van der Waals surface area contributed by atoms with Gasteiger partial charge in [0.05, 0.1) is 6.61 Å². The van der Waals surface area contributed by atoms with E-state index in [1.165, 1.54) is 11.6 Å². The molecule has 0 bridgehead atoms. The van der Waals surface area contributed by atoms with Crippen LogP contribution in [-0.4, -0.2) is 6.61 Å². The Morgan fingerprint density at radius 2 is 1.57 bits per heavy atom. The number of rotatable bonds is 6. The van der Waals surface area contributed by atoms with Crippen molar-refractivity contribution in [1.29, 1.82) is 0 Å². The number of benzene rings is 3. The predicted octanol–water partition coefficient (Wildman–Crippen LogP) is 7.18. The molecule has 1 aliphatic carbocycles. The van der Waals surface area contributed by atoms with Crippen LogP contribution in [0, 0.1) is 5.82 Å². The second kappa shape index (κ2) is 8.58. The number of para-hydroxylation sites is 1. The van der Waals surface area contributed by atoms with Crippen LogP contribution in [0.4, 0.5) is 4.39 Å². The first-order valence-corrected chi connectivity index (χ1v) is 10.2. The van der Waals surface area contributed by atoms with Crippen molar-refractivity contribution in [3.8, 4) is 17.2 Å². The van der Waals surface area contributed by atoms with Gasteiger partial charge in [-0.1, -0.05) is 60.7 Å². The molecular weight excluding hydrogens is 375 g/mol. The highest BCUT2D eigenvalue weighted by Gasteiger charge is 2.24. The van der Waals surface area contributed by atoms with E-state index in [1.54, 1.807) is 6.07 Å². The van der Waals surface area contributed by atoms with Crippen LogP contribution in [0.15, 0.2) is 97.1 Å². The summed E-state index contributed by atoms with van der Waals surface area (Å²) in [6.07, 6.45) is 8.73. The zero-order valence-corrected chi connectivity index (χ0v) is 17.2. The Morgan fingerprint density at radius 3 is 2.23 bits per heavy atom. The summed E-state index contributed by atoms with van der Waals surface area (Å²) < 4.78 is 25.6. The number of allylic oxidation sites excluding steroid dienone is 4. The molecule has 0 spiro atoms. The molecule has 152 valence electrons. The Morgan fingerprint density at radius 1 is 0.867 bits per heavy atom. The average Bonchev–Trinajstić information content (AvgIpc) is 2.77. The van der Waals surface area contributed by atoms with Crippen LogP contribution in [0.3, 0.4) is 0 Å². The normalized spacial score (nSPS) is 20.2. The van der Waals surface area contributed by atoms with Crippen molar-refractivity contribution in [2.75, 3.05) is 6.61 Å². The van der Waals surface area contributed by atoms with Crippen molar-refractivity contribution in [1.82, 2.24) is 0 Å². The van der Waals surface area contributed by atoms with Gasteiger partial charge in [0.2, 0.25) is 0 Å². The first kappa shape index (κ1) is 20.0. The maximum atomic E-state index is 14.3. The molecule has 0 N–H and O–H groups in total. The van der Waals surface area contributed by atoms with Crippen LogP contribution in [-0.2, 0) is 5.41 Å². The summed E-state index contributed by atoms with van der Waals surface area (Å²) in [5, 5.41) is 0. The third kappa shape index (κ3) is 4.30. The Kier molecular flexibility index (Phi) is 5.71. The predicted molar refractivity (Wildman–Crippen MR) is 119 cm³/mol. The minimum Gasteiger partial charge on any atom is -0.494 e. The SMILES string of the molecule is CCOc1ccc(C2(C)C=CC(c3ccc(F)c(Oc4ccccc4)c3)C=C2)cc1. The molecule has 2 nitrogen and oxygen atoms in total. The van der Waals surface area contributed by atoms with E-state index in [0.29, 0.717) is 12.4 Å². The van der Waals surface area contributed by atoms with Crippen LogP contribution in [0.5, 0.6) is 17.2 Å². The lowest BCUT2D eigenvalue weighted by Crippen LogP contribution is -2.18. The van der Waals surface area contributed by atoms with Gasteiger partial charge in [-0.05, 0) is 61.4 Å². The first-order chi connectivity index (χ1) is 14.6. The van der Waals surface area contributed by atoms with E-state index in [-0.39, 0.29) is 22.9 Å². The molecule has 0 amide bonds. The van der Waals surface area contributed by atoms with Gasteiger partial charge in [-0.2, -0.15) is 0 Å². The van der Waals surface area contributed by atoms with E-state index >= 15 is 0 Å². The summed E-state index contributed by atoms with van der Waals surface area (Å²) in [6, 6.07) is 22.5. The molecule has 0 saturated heterocycles. The minimum atomic E-state index is -0.370. The topological polar surface area (TPSA) is 18.5 Å². The van der Waals surface area contributed by atoms with Crippen molar-refractivity contribution in [3.05, 3.63) is 114 Å². The first-order valence-electron chi connectivity index (χ1n) is 10.2. The van der Waals surface area contributed by atoms with Crippen molar-refractivity contribution in [2.45, 2.75) is 25.2 Å². The Hall–Kier alpha value is -3.33. The number of hydrogen-bond acceptors (Lipinski definition) is 2. The molecule has 0 atom stereocenters. The summed E-state index contributed by atoms with van der Waals surface area (Å²) in [5.41, 5.74) is 2.00. The second-order valence-corrected chi connectivity index (χ2v) is 7.59. The lowest BCUT2D eigenvalue weighted by molar-refractivity contribution is 0.340. The third-order valence-electron chi connectivity index (χ3n) is 5.40. The largest absolute Gasteiger partial charge is 0.494 e. The van der Waals surface area contributed by atoms with Crippen molar-refractivity contribution in [2.24, 2.45) is 0 Å². The highest BCUT2D eigenvalue weighted by atomic mass is 19.1. The van der Waals surface area contributed by atoms with Crippen LogP contribution in [0.25, 0.3) is 0 Å². The van der Waals surface area contributed by atoms with E-state index in [1.807, 2.05) is 55.5 Å². The van der Waals surface area contributed by atoms with Gasteiger partial charge < -0.3 is 9.47 Å². The standard InChI is InChI=1S/C27H25FO2/c1-3-29-23-12-10-22(11-13-23)27(2)17-15-20(16-18-27)21-9-14-25(28)26(19-21)30-24-7-5-4-6-8-24/h4-20H,3H2,1-2H3. The van der Waals surface area contributed by atoms with Gasteiger partial charge in [-0.15, -0.1) is 0 Å². The smallest absolute Gasteiger partial charge is 0.165 e. The monoisotopic (exact) mass is 400 g/mol. The third-order valence-corrected chi connectivity index (χ3v) is 5.40. The van der Waals surface area contributed by atoms with Crippen molar-refractivity contribution < 1.29 is 13.9 Å². The summed E-state index contributed by atoms with van der Waals surface area (Å²) in [5.74, 6) is 1.43. The lowest BCUT2D eigenvalue weighted by atomic mass is 9.76. The molecule has 30 heavy (non-hydrogen) atoms. The molecule has 0 aliphatic heterocycles. The molecule has 0 heterocycles. The Bertz CT molecular complexity index is 1040. The molecular formula is C27H25FO2. The fourth-order valence-electron chi connectivity index (χ4n) is 3.64. The van der Waals surface area contributed by atoms with Gasteiger partial charge in [0.15, 0.2) is 11.6 Å². The molecule has 0 fully saturated rings. The summed E-state index contributed by atoms with van der Waals surface area (Å²) in [4.78, 5) is 0. The van der Waals surface area contributed by atoms with Gasteiger partial charge >= 0.3 is 0 Å². The number of halogens is 1. The highest BCUT2D eigenvalue weighted by molar-refractivity contribution is 5.46. The van der Waals surface area contributed by atoms with Gasteiger partial charge in [-0.25, -0.2) is 4.39 Å². The Balaban J connectivity index is 1.53. The van der Waals surface area contributed by atoms with Gasteiger partial charge in [-0.3, -0.25) is 0 Å². The average molecular weight is 400 g/mol. The number of hydrogen-bond donors (Lipinski definition) is 0. The number of ether oxygens (including phenoxy) is 2. The molecule has 0 aromatic heterocycles.